The van der Waals surface area contributed by atoms with Crippen LogP contribution < -0.4 is 10.6 Å². The number of amides is 1. The molecule has 0 radical (unpaired) electrons. The highest BCUT2D eigenvalue weighted by Crippen LogP contribution is 2.28. The van der Waals surface area contributed by atoms with Crippen molar-refractivity contribution in [1.82, 2.24) is 10.2 Å². The minimum atomic E-state index is -0.625. The summed E-state index contributed by atoms with van der Waals surface area (Å²) in [5, 5.41) is 6.60. The van der Waals surface area contributed by atoms with E-state index in [1.54, 1.807) is 7.11 Å². The van der Waals surface area contributed by atoms with Crippen molar-refractivity contribution < 1.29 is 9.53 Å². The van der Waals surface area contributed by atoms with Crippen LogP contribution in [-0.4, -0.2) is 49.7 Å². The van der Waals surface area contributed by atoms with E-state index in [2.05, 4.69) is 34.6 Å². The van der Waals surface area contributed by atoms with E-state index in [-0.39, 0.29) is 5.91 Å². The second kappa shape index (κ2) is 9.35. The molecule has 2 aromatic rings. The fourth-order valence-electron chi connectivity index (χ4n) is 3.65. The molecule has 1 aromatic heterocycles. The number of nitrogens with one attached hydrogen (secondary N) is 2. The summed E-state index contributed by atoms with van der Waals surface area (Å²) in [6.07, 6.45) is 1.81. The Morgan fingerprint density at radius 2 is 2.07 bits per heavy atom. The van der Waals surface area contributed by atoms with Gasteiger partial charge in [-0.1, -0.05) is 18.2 Å². The second-order valence-electron chi connectivity index (χ2n) is 7.15. The maximum atomic E-state index is 13.1. The van der Waals surface area contributed by atoms with Crippen molar-refractivity contribution in [2.75, 3.05) is 38.7 Å². The fraction of sp³-hybridized carbons (Fsp3) is 0.476. The first-order chi connectivity index (χ1) is 13.1. The van der Waals surface area contributed by atoms with E-state index in [0.717, 1.165) is 31.6 Å². The number of hydrogen-bond donors (Lipinski definition) is 2. The molecule has 1 aliphatic heterocycles. The van der Waals surface area contributed by atoms with Crippen LogP contribution in [0.4, 0.5) is 5.69 Å². The molecular weight excluding hydrogens is 358 g/mol. The minimum absolute atomic E-state index is 0.0514. The Bertz CT molecular complexity index is 734. The maximum Gasteiger partial charge on any atom is 0.247 e. The van der Waals surface area contributed by atoms with Gasteiger partial charge in [0.1, 0.15) is 5.54 Å². The van der Waals surface area contributed by atoms with Gasteiger partial charge in [0.15, 0.2) is 0 Å². The Labute approximate surface area is 165 Å². The van der Waals surface area contributed by atoms with Crippen LogP contribution in [-0.2, 0) is 16.1 Å². The Morgan fingerprint density at radius 3 is 2.78 bits per heavy atom. The summed E-state index contributed by atoms with van der Waals surface area (Å²) >= 11 is 1.83. The highest BCUT2D eigenvalue weighted by Gasteiger charge is 2.42. The molecule has 1 aliphatic rings. The monoisotopic (exact) mass is 387 g/mol. The van der Waals surface area contributed by atoms with E-state index in [0.29, 0.717) is 19.7 Å². The van der Waals surface area contributed by atoms with Gasteiger partial charge >= 0.3 is 0 Å². The summed E-state index contributed by atoms with van der Waals surface area (Å²) in [5.74, 6) is 0.0514. The number of carbonyl (C=O) groups excluding carboxylic acids is 1. The zero-order chi connectivity index (χ0) is 19.1. The lowest BCUT2D eigenvalue weighted by atomic mass is 9.87. The Morgan fingerprint density at radius 1 is 1.26 bits per heavy atom. The van der Waals surface area contributed by atoms with Crippen molar-refractivity contribution in [3.63, 3.8) is 0 Å². The van der Waals surface area contributed by atoms with Gasteiger partial charge in [0, 0.05) is 42.2 Å². The summed E-state index contributed by atoms with van der Waals surface area (Å²) < 4.78 is 5.09. The second-order valence-corrected chi connectivity index (χ2v) is 8.52. The molecule has 0 spiro atoms. The van der Waals surface area contributed by atoms with E-state index >= 15 is 0 Å². The number of likely N-dealkylation sites (tertiary alicyclic amines) is 1. The van der Waals surface area contributed by atoms with Gasteiger partial charge < -0.3 is 15.4 Å². The Kier molecular flexibility index (Phi) is 6.88. The van der Waals surface area contributed by atoms with Crippen LogP contribution in [0.25, 0.3) is 0 Å². The predicted molar refractivity (Wildman–Crippen MR) is 111 cm³/mol. The standard InChI is InChI=1S/C21H29N3O2S/c1-17-9-10-19(27-17)15-24-13-6-11-21(16-24,20(25)22-12-14-26-2)23-18-7-4-3-5-8-18/h3-5,7-10,23H,6,11-16H2,1-2H3,(H,22,25). The van der Waals surface area contributed by atoms with Crippen LogP contribution in [0.1, 0.15) is 22.6 Å². The first-order valence-electron chi connectivity index (χ1n) is 9.49. The average molecular weight is 388 g/mol. The third kappa shape index (κ3) is 5.31. The molecule has 1 aromatic carbocycles. The quantitative estimate of drug-likeness (QED) is 0.683. The highest BCUT2D eigenvalue weighted by molar-refractivity contribution is 7.11. The smallest absolute Gasteiger partial charge is 0.247 e. The molecule has 0 bridgehead atoms. The predicted octanol–water partition coefficient (Wildman–Crippen LogP) is 3.27. The number of nitrogens with zero attached hydrogens (tertiary/aromatic N) is 1. The number of ether oxygens (including phenoxy) is 1. The van der Waals surface area contributed by atoms with Gasteiger partial charge in [-0.05, 0) is 50.6 Å². The Hall–Kier alpha value is -1.89. The summed E-state index contributed by atoms with van der Waals surface area (Å²) in [6, 6.07) is 14.4. The van der Waals surface area contributed by atoms with E-state index in [1.807, 2.05) is 41.7 Å². The number of anilines is 1. The van der Waals surface area contributed by atoms with Crippen molar-refractivity contribution in [2.24, 2.45) is 0 Å². The van der Waals surface area contributed by atoms with Crippen molar-refractivity contribution in [2.45, 2.75) is 31.8 Å². The van der Waals surface area contributed by atoms with Gasteiger partial charge in [0.25, 0.3) is 0 Å². The zero-order valence-corrected chi connectivity index (χ0v) is 17.0. The van der Waals surface area contributed by atoms with E-state index < -0.39 is 5.54 Å². The molecule has 3 rings (SSSR count). The van der Waals surface area contributed by atoms with E-state index in [9.17, 15) is 4.79 Å². The number of thiophene rings is 1. The van der Waals surface area contributed by atoms with E-state index in [4.69, 9.17) is 4.74 Å². The summed E-state index contributed by atoms with van der Waals surface area (Å²) in [4.78, 5) is 18.2. The first kappa shape index (κ1) is 19.9. The molecule has 1 atom stereocenters. The van der Waals surface area contributed by atoms with Gasteiger partial charge in [0.2, 0.25) is 5.91 Å². The molecule has 6 heteroatoms. The lowest BCUT2D eigenvalue weighted by molar-refractivity contribution is -0.127. The molecule has 1 unspecified atom stereocenters. The third-order valence-electron chi connectivity index (χ3n) is 4.93. The number of carbonyl (C=O) groups is 1. The number of aryl methyl sites for hydroxylation is 1. The van der Waals surface area contributed by atoms with Crippen molar-refractivity contribution in [3.05, 3.63) is 52.2 Å². The van der Waals surface area contributed by atoms with Crippen LogP contribution in [0, 0.1) is 6.92 Å². The summed E-state index contributed by atoms with van der Waals surface area (Å²) in [7, 11) is 1.65. The normalized spacial score (nSPS) is 20.4. The molecular formula is C21H29N3O2S. The van der Waals surface area contributed by atoms with Crippen LogP contribution in [0.15, 0.2) is 42.5 Å². The minimum Gasteiger partial charge on any atom is -0.383 e. The number of rotatable bonds is 8. The number of hydrogen-bond acceptors (Lipinski definition) is 5. The maximum absolute atomic E-state index is 13.1. The lowest BCUT2D eigenvalue weighted by Crippen LogP contribution is -2.61. The molecule has 2 N–H and O–H groups in total. The third-order valence-corrected chi connectivity index (χ3v) is 5.92. The molecule has 5 nitrogen and oxygen atoms in total. The van der Waals surface area contributed by atoms with Crippen LogP contribution in [0.3, 0.4) is 0 Å². The molecule has 1 amide bonds. The summed E-state index contributed by atoms with van der Waals surface area (Å²) in [6.45, 7) is 5.78. The van der Waals surface area contributed by atoms with Gasteiger partial charge in [-0.3, -0.25) is 9.69 Å². The number of piperidine rings is 1. The fourth-order valence-corrected chi connectivity index (χ4v) is 4.58. The van der Waals surface area contributed by atoms with Crippen LogP contribution >= 0.6 is 11.3 Å². The van der Waals surface area contributed by atoms with Gasteiger partial charge in [-0.25, -0.2) is 0 Å². The SMILES string of the molecule is COCCNC(=O)C1(Nc2ccccc2)CCCN(Cc2ccc(C)s2)C1. The first-order valence-corrected chi connectivity index (χ1v) is 10.3. The average Bonchev–Trinajstić information content (AvgIpc) is 3.07. The molecule has 27 heavy (non-hydrogen) atoms. The molecule has 2 heterocycles. The Balaban J connectivity index is 1.76. The largest absolute Gasteiger partial charge is 0.383 e. The molecule has 1 saturated heterocycles. The van der Waals surface area contributed by atoms with Crippen molar-refractivity contribution >= 4 is 22.9 Å². The number of para-hydroxylation sites is 1. The topological polar surface area (TPSA) is 53.6 Å². The van der Waals surface area contributed by atoms with Crippen LogP contribution in [0.5, 0.6) is 0 Å². The molecule has 146 valence electrons. The number of benzene rings is 1. The van der Waals surface area contributed by atoms with Gasteiger partial charge in [-0.2, -0.15) is 0 Å². The number of methoxy groups -OCH3 is 1. The molecule has 1 fully saturated rings. The lowest BCUT2D eigenvalue weighted by Gasteiger charge is -2.42. The highest BCUT2D eigenvalue weighted by atomic mass is 32.1. The van der Waals surface area contributed by atoms with Gasteiger partial charge in [0.05, 0.1) is 6.61 Å². The van der Waals surface area contributed by atoms with Crippen LogP contribution in [0.2, 0.25) is 0 Å². The van der Waals surface area contributed by atoms with Crippen molar-refractivity contribution in [3.8, 4) is 0 Å². The zero-order valence-electron chi connectivity index (χ0n) is 16.2. The molecule has 0 saturated carbocycles. The van der Waals surface area contributed by atoms with E-state index in [1.165, 1.54) is 9.75 Å². The summed E-state index contributed by atoms with van der Waals surface area (Å²) in [5.41, 5.74) is 0.354. The van der Waals surface area contributed by atoms with Gasteiger partial charge in [-0.15, -0.1) is 11.3 Å². The molecule has 0 aliphatic carbocycles. The van der Waals surface area contributed by atoms with Crippen molar-refractivity contribution in [1.29, 1.82) is 0 Å².